The molecule has 0 heterocycles. The van der Waals surface area contributed by atoms with Gasteiger partial charge in [-0.3, -0.25) is 4.90 Å². The SMILES string of the molecule is NCCN(C(N)=O)c1ccc(C(F)(F)F)cc1. The van der Waals surface area contributed by atoms with Gasteiger partial charge in [-0.1, -0.05) is 0 Å². The van der Waals surface area contributed by atoms with E-state index < -0.39 is 17.8 Å². The maximum atomic E-state index is 12.3. The molecule has 7 heteroatoms. The molecule has 0 fully saturated rings. The first-order chi connectivity index (χ1) is 7.86. The van der Waals surface area contributed by atoms with E-state index in [4.69, 9.17) is 11.5 Å². The van der Waals surface area contributed by atoms with E-state index in [1.165, 1.54) is 12.1 Å². The van der Waals surface area contributed by atoms with Gasteiger partial charge < -0.3 is 11.5 Å². The molecule has 0 aliphatic carbocycles. The molecule has 0 radical (unpaired) electrons. The average molecular weight is 247 g/mol. The summed E-state index contributed by atoms with van der Waals surface area (Å²) in [6, 6.07) is 3.39. The molecule has 4 N–H and O–H groups in total. The fourth-order valence-electron chi connectivity index (χ4n) is 1.33. The van der Waals surface area contributed by atoms with Gasteiger partial charge in [-0.25, -0.2) is 4.79 Å². The number of carbonyl (C=O) groups is 1. The number of amides is 2. The van der Waals surface area contributed by atoms with Crippen LogP contribution in [0.2, 0.25) is 0 Å². The third-order valence-electron chi connectivity index (χ3n) is 2.13. The van der Waals surface area contributed by atoms with Crippen LogP contribution in [0, 0.1) is 0 Å². The summed E-state index contributed by atoms with van der Waals surface area (Å²) in [6.45, 7) is 0.324. The first-order valence-corrected chi connectivity index (χ1v) is 4.80. The molecule has 0 aliphatic rings. The highest BCUT2D eigenvalue weighted by Gasteiger charge is 2.30. The van der Waals surface area contributed by atoms with E-state index in [1.807, 2.05) is 0 Å². The lowest BCUT2D eigenvalue weighted by atomic mass is 10.2. The van der Waals surface area contributed by atoms with E-state index in [9.17, 15) is 18.0 Å². The Bertz CT molecular complexity index is 389. The predicted molar refractivity (Wildman–Crippen MR) is 57.4 cm³/mol. The van der Waals surface area contributed by atoms with Crippen LogP contribution in [0.15, 0.2) is 24.3 Å². The maximum absolute atomic E-state index is 12.3. The van der Waals surface area contributed by atoms with Crippen LogP contribution in [0.3, 0.4) is 0 Å². The van der Waals surface area contributed by atoms with E-state index in [2.05, 4.69) is 0 Å². The van der Waals surface area contributed by atoms with Gasteiger partial charge in [0.25, 0.3) is 0 Å². The molecule has 17 heavy (non-hydrogen) atoms. The molecule has 0 spiro atoms. The van der Waals surface area contributed by atoms with Crippen LogP contribution in [0.5, 0.6) is 0 Å². The highest BCUT2D eigenvalue weighted by molar-refractivity contribution is 5.90. The van der Waals surface area contributed by atoms with Crippen LogP contribution in [0.1, 0.15) is 5.56 Å². The summed E-state index contributed by atoms with van der Waals surface area (Å²) in [7, 11) is 0. The van der Waals surface area contributed by atoms with Crippen molar-refractivity contribution in [3.63, 3.8) is 0 Å². The number of carbonyl (C=O) groups excluding carboxylic acids is 1. The van der Waals surface area contributed by atoms with Gasteiger partial charge in [0.1, 0.15) is 0 Å². The number of hydrogen-bond donors (Lipinski definition) is 2. The van der Waals surface area contributed by atoms with Crippen LogP contribution in [0.25, 0.3) is 0 Å². The number of urea groups is 1. The van der Waals surface area contributed by atoms with Crippen molar-refractivity contribution in [2.45, 2.75) is 6.18 Å². The van der Waals surface area contributed by atoms with Gasteiger partial charge in [0.15, 0.2) is 0 Å². The number of primary amides is 1. The van der Waals surface area contributed by atoms with Gasteiger partial charge in [-0.05, 0) is 24.3 Å². The number of anilines is 1. The topological polar surface area (TPSA) is 72.3 Å². The number of halogens is 3. The van der Waals surface area contributed by atoms with Gasteiger partial charge in [-0.2, -0.15) is 13.2 Å². The van der Waals surface area contributed by atoms with E-state index in [1.54, 1.807) is 0 Å². The molecule has 94 valence electrons. The van der Waals surface area contributed by atoms with Crippen molar-refractivity contribution in [3.05, 3.63) is 29.8 Å². The van der Waals surface area contributed by atoms with Crippen LogP contribution < -0.4 is 16.4 Å². The summed E-state index contributed by atoms with van der Waals surface area (Å²) >= 11 is 0. The van der Waals surface area contributed by atoms with Crippen molar-refractivity contribution in [1.82, 2.24) is 0 Å². The summed E-state index contributed by atoms with van der Waals surface area (Å²) in [5.41, 5.74) is 9.87. The Balaban J connectivity index is 2.96. The lowest BCUT2D eigenvalue weighted by molar-refractivity contribution is -0.137. The van der Waals surface area contributed by atoms with E-state index in [0.717, 1.165) is 17.0 Å². The molecule has 0 atom stereocenters. The van der Waals surface area contributed by atoms with Crippen molar-refractivity contribution in [2.24, 2.45) is 11.5 Å². The Labute approximate surface area is 96.0 Å². The van der Waals surface area contributed by atoms with Crippen molar-refractivity contribution in [1.29, 1.82) is 0 Å². The Morgan fingerprint density at radius 2 is 1.76 bits per heavy atom. The first-order valence-electron chi connectivity index (χ1n) is 4.80. The quantitative estimate of drug-likeness (QED) is 0.850. The first kappa shape index (κ1) is 13.3. The van der Waals surface area contributed by atoms with Crippen LogP contribution in [-0.2, 0) is 6.18 Å². The molecule has 4 nitrogen and oxygen atoms in total. The van der Waals surface area contributed by atoms with Crippen LogP contribution in [-0.4, -0.2) is 19.1 Å². The second-order valence-electron chi connectivity index (χ2n) is 3.32. The Morgan fingerprint density at radius 1 is 1.24 bits per heavy atom. The molecule has 0 aromatic heterocycles. The fraction of sp³-hybridized carbons (Fsp3) is 0.300. The third kappa shape index (κ3) is 3.35. The van der Waals surface area contributed by atoms with Crippen molar-refractivity contribution < 1.29 is 18.0 Å². The lowest BCUT2D eigenvalue weighted by Crippen LogP contribution is -2.39. The third-order valence-corrected chi connectivity index (χ3v) is 2.13. The molecular weight excluding hydrogens is 235 g/mol. The summed E-state index contributed by atoms with van der Waals surface area (Å²) in [4.78, 5) is 12.2. The maximum Gasteiger partial charge on any atom is 0.416 e. The summed E-state index contributed by atoms with van der Waals surface area (Å²) in [5, 5.41) is 0. The minimum Gasteiger partial charge on any atom is -0.351 e. The van der Waals surface area contributed by atoms with Crippen molar-refractivity contribution in [2.75, 3.05) is 18.0 Å². The van der Waals surface area contributed by atoms with Crippen molar-refractivity contribution >= 4 is 11.7 Å². The highest BCUT2D eigenvalue weighted by atomic mass is 19.4. The minimum absolute atomic E-state index is 0.153. The zero-order valence-electron chi connectivity index (χ0n) is 8.87. The predicted octanol–water partition coefficient (Wildman–Crippen LogP) is 1.55. The smallest absolute Gasteiger partial charge is 0.351 e. The normalized spacial score (nSPS) is 11.3. The highest BCUT2D eigenvalue weighted by Crippen LogP contribution is 2.30. The number of rotatable bonds is 3. The van der Waals surface area contributed by atoms with E-state index >= 15 is 0 Å². The molecule has 1 aromatic carbocycles. The number of benzene rings is 1. The second kappa shape index (κ2) is 5.05. The van der Waals surface area contributed by atoms with Gasteiger partial charge in [-0.15, -0.1) is 0 Å². The standard InChI is InChI=1S/C10H12F3N3O/c11-10(12,13)7-1-3-8(4-2-7)16(6-5-14)9(15)17/h1-4H,5-6,14H2,(H2,15,17). The number of alkyl halides is 3. The molecule has 1 rings (SSSR count). The van der Waals surface area contributed by atoms with Crippen LogP contribution >= 0.6 is 0 Å². The molecular formula is C10H12F3N3O. The van der Waals surface area contributed by atoms with E-state index in [0.29, 0.717) is 0 Å². The van der Waals surface area contributed by atoms with Gasteiger partial charge in [0.2, 0.25) is 0 Å². The largest absolute Gasteiger partial charge is 0.416 e. The average Bonchev–Trinajstić information content (AvgIpc) is 2.24. The minimum atomic E-state index is -4.40. The number of nitrogens with zero attached hydrogens (tertiary/aromatic N) is 1. The Hall–Kier alpha value is -1.76. The number of nitrogens with two attached hydrogens (primary N) is 2. The van der Waals surface area contributed by atoms with Gasteiger partial charge in [0, 0.05) is 18.8 Å². The monoisotopic (exact) mass is 247 g/mol. The molecule has 0 aliphatic heterocycles. The van der Waals surface area contributed by atoms with E-state index in [-0.39, 0.29) is 18.8 Å². The number of hydrogen-bond acceptors (Lipinski definition) is 2. The molecule has 0 saturated carbocycles. The Kier molecular flexibility index (Phi) is 3.95. The second-order valence-corrected chi connectivity index (χ2v) is 3.32. The van der Waals surface area contributed by atoms with Crippen LogP contribution in [0.4, 0.5) is 23.7 Å². The van der Waals surface area contributed by atoms with Gasteiger partial charge in [0.05, 0.1) is 5.56 Å². The lowest BCUT2D eigenvalue weighted by Gasteiger charge is -2.20. The zero-order chi connectivity index (χ0) is 13.1. The summed E-state index contributed by atoms with van der Waals surface area (Å²) < 4.78 is 36.9. The molecule has 0 unspecified atom stereocenters. The summed E-state index contributed by atoms with van der Waals surface area (Å²) in [6.07, 6.45) is -4.40. The molecule has 0 saturated heterocycles. The Morgan fingerprint density at radius 3 is 2.12 bits per heavy atom. The molecule has 0 bridgehead atoms. The fourth-order valence-corrected chi connectivity index (χ4v) is 1.33. The van der Waals surface area contributed by atoms with Crippen molar-refractivity contribution in [3.8, 4) is 0 Å². The van der Waals surface area contributed by atoms with Gasteiger partial charge >= 0.3 is 12.2 Å². The zero-order valence-corrected chi connectivity index (χ0v) is 8.87. The molecule has 2 amide bonds. The molecule has 1 aromatic rings. The summed E-state index contributed by atoms with van der Waals surface area (Å²) in [5.74, 6) is 0.